The average Bonchev–Trinajstić information content (AvgIpc) is 3.02. The minimum atomic E-state index is -0.388. The SMILES string of the molecule is C=C(Cc1c[nH]c2ccc(OCc3ccccc3)cc12)C(=O)OC. The number of methoxy groups -OCH3 is 1. The van der Waals surface area contributed by atoms with Crippen molar-refractivity contribution < 1.29 is 14.3 Å². The first-order chi connectivity index (χ1) is 11.7. The van der Waals surface area contributed by atoms with Gasteiger partial charge in [-0.15, -0.1) is 0 Å². The molecule has 1 aromatic heterocycles. The van der Waals surface area contributed by atoms with E-state index in [0.29, 0.717) is 18.6 Å². The fraction of sp³-hybridized carbons (Fsp3) is 0.150. The zero-order chi connectivity index (χ0) is 16.9. The maximum atomic E-state index is 11.5. The Morgan fingerprint density at radius 3 is 2.71 bits per heavy atom. The number of hydrogen-bond acceptors (Lipinski definition) is 3. The van der Waals surface area contributed by atoms with Gasteiger partial charge >= 0.3 is 5.97 Å². The minimum absolute atomic E-state index is 0.388. The van der Waals surface area contributed by atoms with Crippen molar-refractivity contribution in [3.05, 3.63) is 78.0 Å². The summed E-state index contributed by atoms with van der Waals surface area (Å²) in [6, 6.07) is 15.9. The molecule has 0 atom stereocenters. The topological polar surface area (TPSA) is 51.3 Å². The van der Waals surface area contributed by atoms with E-state index in [9.17, 15) is 4.79 Å². The van der Waals surface area contributed by atoms with Crippen LogP contribution in [0.3, 0.4) is 0 Å². The molecule has 0 amide bonds. The zero-order valence-corrected chi connectivity index (χ0v) is 13.5. The Balaban J connectivity index is 1.78. The first-order valence-electron chi connectivity index (χ1n) is 7.70. The van der Waals surface area contributed by atoms with E-state index in [1.807, 2.05) is 54.7 Å². The predicted octanol–water partition coefficient (Wildman–Crippen LogP) is 4.02. The Morgan fingerprint density at radius 2 is 1.96 bits per heavy atom. The molecule has 4 nitrogen and oxygen atoms in total. The minimum Gasteiger partial charge on any atom is -0.489 e. The van der Waals surface area contributed by atoms with Crippen LogP contribution >= 0.6 is 0 Å². The number of benzene rings is 2. The number of nitrogens with one attached hydrogen (secondary N) is 1. The van der Waals surface area contributed by atoms with Gasteiger partial charge in [-0.25, -0.2) is 4.79 Å². The number of fused-ring (bicyclic) bond motifs is 1. The number of aromatic nitrogens is 1. The summed E-state index contributed by atoms with van der Waals surface area (Å²) >= 11 is 0. The lowest BCUT2D eigenvalue weighted by molar-refractivity contribution is -0.136. The Bertz CT molecular complexity index is 865. The summed E-state index contributed by atoms with van der Waals surface area (Å²) in [5.74, 6) is 0.400. The third kappa shape index (κ3) is 3.49. The third-order valence-electron chi connectivity index (χ3n) is 3.87. The number of ether oxygens (including phenoxy) is 2. The molecule has 3 rings (SSSR count). The summed E-state index contributed by atoms with van der Waals surface area (Å²) in [5.41, 5.74) is 3.53. The van der Waals surface area contributed by atoms with Gasteiger partial charge in [0.1, 0.15) is 12.4 Å². The Hall–Kier alpha value is -3.01. The number of H-pyrrole nitrogens is 1. The quantitative estimate of drug-likeness (QED) is 0.551. The molecule has 4 heteroatoms. The maximum Gasteiger partial charge on any atom is 0.333 e. The van der Waals surface area contributed by atoms with E-state index in [1.165, 1.54) is 7.11 Å². The highest BCUT2D eigenvalue weighted by Crippen LogP contribution is 2.26. The van der Waals surface area contributed by atoms with Crippen LogP contribution in [0.2, 0.25) is 0 Å². The molecule has 24 heavy (non-hydrogen) atoms. The van der Waals surface area contributed by atoms with Gasteiger partial charge in [-0.2, -0.15) is 0 Å². The van der Waals surface area contributed by atoms with Crippen molar-refractivity contribution >= 4 is 16.9 Å². The molecule has 0 saturated heterocycles. The first kappa shape index (κ1) is 15.9. The van der Waals surface area contributed by atoms with Crippen LogP contribution in [0.15, 0.2) is 66.9 Å². The van der Waals surface area contributed by atoms with Crippen LogP contribution < -0.4 is 4.74 Å². The first-order valence-corrected chi connectivity index (χ1v) is 7.70. The van der Waals surface area contributed by atoms with Gasteiger partial charge in [0.25, 0.3) is 0 Å². The Labute approximate surface area is 140 Å². The number of aromatic amines is 1. The van der Waals surface area contributed by atoms with Gasteiger partial charge in [0.05, 0.1) is 7.11 Å². The molecule has 0 unspecified atom stereocenters. The van der Waals surface area contributed by atoms with Crippen molar-refractivity contribution in [1.82, 2.24) is 4.98 Å². The summed E-state index contributed by atoms with van der Waals surface area (Å²) in [4.78, 5) is 14.7. The summed E-state index contributed by atoms with van der Waals surface area (Å²) in [7, 11) is 1.36. The van der Waals surface area contributed by atoms with Crippen LogP contribution in [0.1, 0.15) is 11.1 Å². The van der Waals surface area contributed by atoms with Crippen LogP contribution in [0.5, 0.6) is 5.75 Å². The van der Waals surface area contributed by atoms with E-state index < -0.39 is 0 Å². The van der Waals surface area contributed by atoms with E-state index in [0.717, 1.165) is 27.8 Å². The molecule has 0 aliphatic carbocycles. The monoisotopic (exact) mass is 321 g/mol. The average molecular weight is 321 g/mol. The zero-order valence-electron chi connectivity index (χ0n) is 13.5. The number of rotatable bonds is 6. The molecule has 0 fully saturated rings. The lowest BCUT2D eigenvalue weighted by atomic mass is 10.1. The molecule has 1 heterocycles. The van der Waals surface area contributed by atoms with Crippen molar-refractivity contribution in [2.75, 3.05) is 7.11 Å². The van der Waals surface area contributed by atoms with Gasteiger partial charge in [-0.05, 0) is 29.3 Å². The molecular weight excluding hydrogens is 302 g/mol. The van der Waals surface area contributed by atoms with Crippen molar-refractivity contribution in [1.29, 1.82) is 0 Å². The lowest BCUT2D eigenvalue weighted by Crippen LogP contribution is -2.05. The number of esters is 1. The Morgan fingerprint density at radius 1 is 1.17 bits per heavy atom. The molecule has 0 bridgehead atoms. The largest absolute Gasteiger partial charge is 0.489 e. The molecule has 0 aliphatic heterocycles. The van der Waals surface area contributed by atoms with Crippen molar-refractivity contribution in [2.45, 2.75) is 13.0 Å². The molecule has 0 spiro atoms. The van der Waals surface area contributed by atoms with Gasteiger partial charge < -0.3 is 14.5 Å². The summed E-state index contributed by atoms with van der Waals surface area (Å²) in [6.45, 7) is 4.30. The molecular formula is C20H19NO3. The van der Waals surface area contributed by atoms with Gasteiger partial charge in [0.2, 0.25) is 0 Å². The van der Waals surface area contributed by atoms with Gasteiger partial charge in [-0.1, -0.05) is 36.9 Å². The van der Waals surface area contributed by atoms with E-state index >= 15 is 0 Å². The van der Waals surface area contributed by atoms with Crippen LogP contribution in [0, 0.1) is 0 Å². The molecule has 122 valence electrons. The highest BCUT2D eigenvalue weighted by atomic mass is 16.5. The van der Waals surface area contributed by atoms with Crippen LogP contribution in [-0.2, 0) is 22.6 Å². The highest BCUT2D eigenvalue weighted by Gasteiger charge is 2.12. The second-order valence-corrected chi connectivity index (χ2v) is 5.57. The molecule has 3 aromatic rings. The van der Waals surface area contributed by atoms with E-state index in [1.54, 1.807) is 0 Å². The number of carbonyl (C=O) groups is 1. The normalized spacial score (nSPS) is 10.5. The summed E-state index contributed by atoms with van der Waals surface area (Å²) in [6.07, 6.45) is 2.33. The molecule has 0 saturated carbocycles. The van der Waals surface area contributed by atoms with Crippen LogP contribution in [-0.4, -0.2) is 18.1 Å². The van der Waals surface area contributed by atoms with Gasteiger partial charge in [-0.3, -0.25) is 0 Å². The number of carbonyl (C=O) groups excluding carboxylic acids is 1. The molecule has 1 N–H and O–H groups in total. The fourth-order valence-electron chi connectivity index (χ4n) is 2.58. The molecule has 0 aliphatic rings. The second kappa shape index (κ2) is 7.04. The maximum absolute atomic E-state index is 11.5. The van der Waals surface area contributed by atoms with Gasteiger partial charge in [0, 0.05) is 29.1 Å². The third-order valence-corrected chi connectivity index (χ3v) is 3.87. The van der Waals surface area contributed by atoms with E-state index in [2.05, 4.69) is 11.6 Å². The lowest BCUT2D eigenvalue weighted by Gasteiger charge is -2.07. The van der Waals surface area contributed by atoms with E-state index in [4.69, 9.17) is 9.47 Å². The summed E-state index contributed by atoms with van der Waals surface area (Å²) in [5, 5.41) is 1.02. The van der Waals surface area contributed by atoms with E-state index in [-0.39, 0.29) is 5.97 Å². The number of hydrogen-bond donors (Lipinski definition) is 1. The highest BCUT2D eigenvalue weighted by molar-refractivity contribution is 5.91. The second-order valence-electron chi connectivity index (χ2n) is 5.57. The van der Waals surface area contributed by atoms with Crippen molar-refractivity contribution in [3.63, 3.8) is 0 Å². The predicted molar refractivity (Wildman–Crippen MR) is 93.9 cm³/mol. The van der Waals surface area contributed by atoms with Crippen molar-refractivity contribution in [3.8, 4) is 5.75 Å². The van der Waals surface area contributed by atoms with Crippen molar-refractivity contribution in [2.24, 2.45) is 0 Å². The van der Waals surface area contributed by atoms with Crippen LogP contribution in [0.25, 0.3) is 10.9 Å². The summed E-state index contributed by atoms with van der Waals surface area (Å²) < 4.78 is 10.6. The standard InChI is InChI=1S/C20H19NO3/c1-14(20(22)23-2)10-16-12-21-19-9-8-17(11-18(16)19)24-13-15-6-4-3-5-7-15/h3-9,11-12,21H,1,10,13H2,2H3. The Kier molecular flexibility index (Phi) is 4.66. The van der Waals surface area contributed by atoms with Gasteiger partial charge in [0.15, 0.2) is 0 Å². The fourth-order valence-corrected chi connectivity index (χ4v) is 2.58. The smallest absolute Gasteiger partial charge is 0.333 e. The molecule has 2 aromatic carbocycles. The van der Waals surface area contributed by atoms with Crippen LogP contribution in [0.4, 0.5) is 0 Å². The molecule has 0 radical (unpaired) electrons.